The highest BCUT2D eigenvalue weighted by molar-refractivity contribution is 7.07. The summed E-state index contributed by atoms with van der Waals surface area (Å²) >= 11 is 1.59. The number of imidazole rings is 1. The van der Waals surface area contributed by atoms with Crippen LogP contribution in [0.4, 0.5) is 0 Å². The van der Waals surface area contributed by atoms with Crippen LogP contribution in [0.25, 0.3) is 22.6 Å². The Labute approximate surface area is 103 Å². The molecular weight excluding hydrogens is 230 g/mol. The number of benzene rings is 1. The van der Waals surface area contributed by atoms with Crippen molar-refractivity contribution in [2.75, 3.05) is 0 Å². The number of fused-ring (bicyclic) bond motifs is 1. The maximum absolute atomic E-state index is 4.56. The number of hydrogen-bond donors (Lipinski definition) is 1. The summed E-state index contributed by atoms with van der Waals surface area (Å²) in [4.78, 5) is 12.2. The van der Waals surface area contributed by atoms with E-state index in [-0.39, 0.29) is 0 Å². The Bertz CT molecular complexity index is 665. The van der Waals surface area contributed by atoms with Crippen molar-refractivity contribution in [2.45, 2.75) is 18.8 Å². The summed E-state index contributed by atoms with van der Waals surface area (Å²) in [5, 5.41) is 2.01. The fraction of sp³-hybridized carbons (Fsp3) is 0.231. The zero-order chi connectivity index (χ0) is 11.2. The summed E-state index contributed by atoms with van der Waals surface area (Å²) in [6, 6.07) is 6.54. The Morgan fingerprint density at radius 3 is 3.00 bits per heavy atom. The molecule has 2 heterocycles. The third-order valence-electron chi connectivity index (χ3n) is 3.23. The Kier molecular flexibility index (Phi) is 1.87. The fourth-order valence-electron chi connectivity index (χ4n) is 2.15. The minimum absolute atomic E-state index is 0.783. The quantitative estimate of drug-likeness (QED) is 0.745. The van der Waals surface area contributed by atoms with E-state index in [1.165, 1.54) is 18.4 Å². The second-order valence-electron chi connectivity index (χ2n) is 4.51. The van der Waals surface area contributed by atoms with Crippen molar-refractivity contribution in [1.82, 2.24) is 15.0 Å². The zero-order valence-corrected chi connectivity index (χ0v) is 10.00. The van der Waals surface area contributed by atoms with E-state index < -0.39 is 0 Å². The van der Waals surface area contributed by atoms with Gasteiger partial charge in [-0.2, -0.15) is 0 Å². The van der Waals surface area contributed by atoms with Crippen molar-refractivity contribution in [3.8, 4) is 11.5 Å². The lowest BCUT2D eigenvalue weighted by molar-refractivity contribution is 1.13. The van der Waals surface area contributed by atoms with Crippen LogP contribution in [0.5, 0.6) is 0 Å². The van der Waals surface area contributed by atoms with Gasteiger partial charge in [0.05, 0.1) is 16.5 Å². The molecule has 0 unspecified atom stereocenters. The maximum Gasteiger partial charge on any atom is 0.158 e. The lowest BCUT2D eigenvalue weighted by Gasteiger charge is -1.95. The Morgan fingerprint density at radius 1 is 1.29 bits per heavy atom. The van der Waals surface area contributed by atoms with Gasteiger partial charge in [0, 0.05) is 5.38 Å². The van der Waals surface area contributed by atoms with Crippen molar-refractivity contribution in [3.63, 3.8) is 0 Å². The molecule has 1 N–H and O–H groups in total. The normalized spacial score (nSPS) is 15.5. The molecule has 0 spiro atoms. The predicted molar refractivity (Wildman–Crippen MR) is 69.2 cm³/mol. The largest absolute Gasteiger partial charge is 0.337 e. The van der Waals surface area contributed by atoms with E-state index in [4.69, 9.17) is 0 Å². The highest BCUT2D eigenvalue weighted by Gasteiger charge is 2.23. The summed E-state index contributed by atoms with van der Waals surface area (Å²) in [5.74, 6) is 1.65. The van der Waals surface area contributed by atoms with Crippen molar-refractivity contribution in [3.05, 3.63) is 34.7 Å². The molecule has 17 heavy (non-hydrogen) atoms. The molecule has 1 aromatic carbocycles. The summed E-state index contributed by atoms with van der Waals surface area (Å²) < 4.78 is 0. The van der Waals surface area contributed by atoms with Crippen LogP contribution >= 0.6 is 11.3 Å². The number of nitrogens with zero attached hydrogens (tertiary/aromatic N) is 2. The number of H-pyrrole nitrogens is 1. The molecule has 3 nitrogen and oxygen atoms in total. The number of thiazole rings is 1. The molecule has 1 aliphatic rings. The lowest BCUT2D eigenvalue weighted by atomic mass is 10.1. The van der Waals surface area contributed by atoms with Gasteiger partial charge in [0.2, 0.25) is 0 Å². The molecule has 1 fully saturated rings. The molecule has 84 valence electrons. The molecule has 0 saturated heterocycles. The lowest BCUT2D eigenvalue weighted by Crippen LogP contribution is -1.78. The first-order chi connectivity index (χ1) is 8.40. The van der Waals surface area contributed by atoms with Gasteiger partial charge in [-0.15, -0.1) is 11.3 Å². The van der Waals surface area contributed by atoms with E-state index in [1.54, 1.807) is 11.3 Å². The monoisotopic (exact) mass is 241 g/mol. The number of aromatic amines is 1. The van der Waals surface area contributed by atoms with E-state index in [9.17, 15) is 0 Å². The van der Waals surface area contributed by atoms with Gasteiger partial charge in [-0.1, -0.05) is 6.07 Å². The minimum Gasteiger partial charge on any atom is -0.337 e. The van der Waals surface area contributed by atoms with Gasteiger partial charge in [0.25, 0.3) is 0 Å². The highest BCUT2D eigenvalue weighted by atomic mass is 32.1. The first-order valence-corrected chi connectivity index (χ1v) is 6.73. The van der Waals surface area contributed by atoms with Gasteiger partial charge in [0.15, 0.2) is 5.82 Å². The average Bonchev–Trinajstić information content (AvgIpc) is 2.92. The molecule has 4 rings (SSSR count). The third-order valence-corrected chi connectivity index (χ3v) is 3.82. The van der Waals surface area contributed by atoms with Gasteiger partial charge >= 0.3 is 0 Å². The van der Waals surface area contributed by atoms with Crippen LogP contribution in [0.3, 0.4) is 0 Å². The standard InChI is InChI=1S/C13H11N3S/c1-2-8(1)9-3-4-10-11(5-9)16-13(15-10)12-6-17-7-14-12/h3-8H,1-2H2,(H,15,16). The van der Waals surface area contributed by atoms with E-state index in [0.717, 1.165) is 28.5 Å². The van der Waals surface area contributed by atoms with Crippen LogP contribution in [0, 0.1) is 0 Å². The van der Waals surface area contributed by atoms with E-state index in [0.29, 0.717) is 0 Å². The van der Waals surface area contributed by atoms with Crippen LogP contribution in [-0.4, -0.2) is 15.0 Å². The molecule has 1 saturated carbocycles. The van der Waals surface area contributed by atoms with Crippen molar-refractivity contribution in [2.24, 2.45) is 0 Å². The van der Waals surface area contributed by atoms with Gasteiger partial charge in [-0.3, -0.25) is 0 Å². The average molecular weight is 241 g/mol. The first kappa shape index (κ1) is 9.36. The summed E-state index contributed by atoms with van der Waals surface area (Å²) in [6.07, 6.45) is 2.66. The Balaban J connectivity index is 1.86. The predicted octanol–water partition coefficient (Wildman–Crippen LogP) is 3.56. The maximum atomic E-state index is 4.56. The molecule has 3 aromatic rings. The Hall–Kier alpha value is -1.68. The fourth-order valence-corrected chi connectivity index (χ4v) is 2.69. The third kappa shape index (κ3) is 1.56. The molecule has 0 radical (unpaired) electrons. The molecule has 2 aromatic heterocycles. The molecule has 0 amide bonds. The van der Waals surface area contributed by atoms with Crippen LogP contribution in [0.2, 0.25) is 0 Å². The molecule has 0 bridgehead atoms. The van der Waals surface area contributed by atoms with E-state index in [1.807, 2.05) is 10.9 Å². The van der Waals surface area contributed by atoms with Crippen molar-refractivity contribution >= 4 is 22.4 Å². The smallest absolute Gasteiger partial charge is 0.158 e. The minimum atomic E-state index is 0.783. The number of rotatable bonds is 2. The van der Waals surface area contributed by atoms with Gasteiger partial charge in [0.1, 0.15) is 5.69 Å². The highest BCUT2D eigenvalue weighted by Crippen LogP contribution is 2.40. The molecular formula is C13H11N3S. The van der Waals surface area contributed by atoms with Gasteiger partial charge in [-0.05, 0) is 36.5 Å². The second kappa shape index (κ2) is 3.40. The number of nitrogens with one attached hydrogen (secondary N) is 1. The van der Waals surface area contributed by atoms with E-state index >= 15 is 0 Å². The van der Waals surface area contributed by atoms with Crippen LogP contribution in [0.1, 0.15) is 24.3 Å². The summed E-state index contributed by atoms with van der Waals surface area (Å²) in [5.41, 5.74) is 6.35. The van der Waals surface area contributed by atoms with Crippen LogP contribution < -0.4 is 0 Å². The molecule has 0 aliphatic heterocycles. The topological polar surface area (TPSA) is 41.6 Å². The second-order valence-corrected chi connectivity index (χ2v) is 5.23. The summed E-state index contributed by atoms with van der Waals surface area (Å²) in [6.45, 7) is 0. The van der Waals surface area contributed by atoms with Gasteiger partial charge in [-0.25, -0.2) is 9.97 Å². The SMILES string of the molecule is c1nc(-c2nc3ccc(C4CC4)cc3[nH]2)cs1. The number of aromatic nitrogens is 3. The first-order valence-electron chi connectivity index (χ1n) is 5.78. The molecule has 4 heteroatoms. The number of hydrogen-bond acceptors (Lipinski definition) is 3. The Morgan fingerprint density at radius 2 is 2.24 bits per heavy atom. The van der Waals surface area contributed by atoms with Crippen LogP contribution in [0.15, 0.2) is 29.1 Å². The van der Waals surface area contributed by atoms with E-state index in [2.05, 4.69) is 33.2 Å². The zero-order valence-electron chi connectivity index (χ0n) is 9.18. The van der Waals surface area contributed by atoms with Gasteiger partial charge < -0.3 is 4.98 Å². The van der Waals surface area contributed by atoms with Crippen molar-refractivity contribution in [1.29, 1.82) is 0 Å². The van der Waals surface area contributed by atoms with Crippen molar-refractivity contribution < 1.29 is 0 Å². The van der Waals surface area contributed by atoms with Crippen LogP contribution in [-0.2, 0) is 0 Å². The molecule has 0 atom stereocenters. The summed E-state index contributed by atoms with van der Waals surface area (Å²) in [7, 11) is 0. The molecule has 1 aliphatic carbocycles.